The maximum Gasteiger partial charge on any atom is 0.416 e. The zero-order valence-electron chi connectivity index (χ0n) is 19.6. The second-order valence-electron chi connectivity index (χ2n) is 8.55. The Labute approximate surface area is 207 Å². The number of amides is 1. The molecular formula is C23H21F3N6O5. The Bertz CT molecular complexity index is 1500. The topological polar surface area (TPSA) is 143 Å². The van der Waals surface area contributed by atoms with Crippen LogP contribution in [0.4, 0.5) is 29.5 Å². The van der Waals surface area contributed by atoms with Crippen molar-refractivity contribution in [1.29, 1.82) is 0 Å². The third-order valence-electron chi connectivity index (χ3n) is 6.02. The number of aryl methyl sites for hydroxylation is 1. The lowest BCUT2D eigenvalue weighted by Crippen LogP contribution is -2.34. The van der Waals surface area contributed by atoms with E-state index in [-0.39, 0.29) is 23.3 Å². The number of nitro groups is 1. The van der Waals surface area contributed by atoms with Gasteiger partial charge in [-0.3, -0.25) is 19.9 Å². The average molecular weight is 518 g/mol. The van der Waals surface area contributed by atoms with Crippen molar-refractivity contribution in [3.63, 3.8) is 0 Å². The number of nitrogens with one attached hydrogen (secondary N) is 1. The van der Waals surface area contributed by atoms with Gasteiger partial charge < -0.3 is 15.3 Å². The van der Waals surface area contributed by atoms with Crippen LogP contribution in [0.15, 0.2) is 41.3 Å². The summed E-state index contributed by atoms with van der Waals surface area (Å²) in [4.78, 5) is 39.9. The van der Waals surface area contributed by atoms with E-state index in [1.54, 1.807) is 6.07 Å². The molecule has 37 heavy (non-hydrogen) atoms. The molecule has 1 aromatic carbocycles. The molecule has 0 unspecified atom stereocenters. The summed E-state index contributed by atoms with van der Waals surface area (Å²) in [6.45, 7) is 1.94. The Morgan fingerprint density at radius 2 is 1.97 bits per heavy atom. The van der Waals surface area contributed by atoms with E-state index in [1.807, 2.05) is 6.08 Å². The Hall–Kier alpha value is -4.49. The van der Waals surface area contributed by atoms with Crippen LogP contribution in [0, 0.1) is 10.1 Å². The summed E-state index contributed by atoms with van der Waals surface area (Å²) in [5.74, 6) is 0.139. The lowest BCUT2D eigenvalue weighted by molar-refractivity contribution is -0.385. The number of benzene rings is 1. The van der Waals surface area contributed by atoms with Crippen LogP contribution < -0.4 is 10.9 Å². The molecule has 2 N–H and O–H groups in total. The van der Waals surface area contributed by atoms with E-state index in [9.17, 15) is 38.0 Å². The van der Waals surface area contributed by atoms with Crippen LogP contribution in [0.1, 0.15) is 36.2 Å². The van der Waals surface area contributed by atoms with Crippen LogP contribution in [0.25, 0.3) is 16.3 Å². The summed E-state index contributed by atoms with van der Waals surface area (Å²) in [5, 5.41) is 28.2. The van der Waals surface area contributed by atoms with Gasteiger partial charge in [0.15, 0.2) is 5.82 Å². The number of hydrogen-bond acceptors (Lipinski definition) is 7. The zero-order chi connectivity index (χ0) is 27.1. The highest BCUT2D eigenvalue weighted by atomic mass is 19.4. The van der Waals surface area contributed by atoms with Gasteiger partial charge in [-0.2, -0.15) is 18.3 Å². The molecular weight excluding hydrogens is 497 g/mol. The van der Waals surface area contributed by atoms with Gasteiger partial charge in [-0.15, -0.1) is 0 Å². The molecule has 1 atom stereocenters. The molecule has 4 rings (SSSR count). The smallest absolute Gasteiger partial charge is 0.416 e. The van der Waals surface area contributed by atoms with Gasteiger partial charge in [-0.1, -0.05) is 6.08 Å². The number of anilines is 1. The van der Waals surface area contributed by atoms with Crippen LogP contribution in [0.3, 0.4) is 0 Å². The van der Waals surface area contributed by atoms with Crippen molar-refractivity contribution in [2.24, 2.45) is 7.05 Å². The lowest BCUT2D eigenvalue weighted by atomic mass is 10.0. The summed E-state index contributed by atoms with van der Waals surface area (Å²) < 4.78 is 41.1. The highest BCUT2D eigenvalue weighted by Gasteiger charge is 2.33. The molecule has 3 heterocycles. The van der Waals surface area contributed by atoms with Gasteiger partial charge in [0.1, 0.15) is 0 Å². The van der Waals surface area contributed by atoms with E-state index in [0.29, 0.717) is 35.7 Å². The number of carbonyl (C=O) groups is 1. The number of nitrogens with zero attached hydrogens (tertiary/aromatic N) is 5. The van der Waals surface area contributed by atoms with E-state index in [1.165, 1.54) is 25.1 Å². The number of alkyl halides is 3. The van der Waals surface area contributed by atoms with Crippen molar-refractivity contribution >= 4 is 33.9 Å². The van der Waals surface area contributed by atoms with Crippen molar-refractivity contribution in [2.75, 3.05) is 18.4 Å². The number of fused-ring (bicyclic) bond motifs is 1. The molecule has 0 saturated carbocycles. The van der Waals surface area contributed by atoms with Gasteiger partial charge in [-0.25, -0.2) is 9.48 Å². The quantitative estimate of drug-likeness (QED) is 0.378. The molecule has 0 aliphatic carbocycles. The first kappa shape index (κ1) is 25.6. The van der Waals surface area contributed by atoms with Crippen molar-refractivity contribution in [3.05, 3.63) is 73.8 Å². The van der Waals surface area contributed by atoms with Crippen LogP contribution >= 0.6 is 0 Å². The summed E-state index contributed by atoms with van der Waals surface area (Å²) >= 11 is 0. The minimum atomic E-state index is -4.79. The monoisotopic (exact) mass is 518 g/mol. The molecule has 0 spiro atoms. The van der Waals surface area contributed by atoms with Crippen molar-refractivity contribution < 1.29 is 28.0 Å². The number of carboxylic acid groups (broad SMARTS) is 1. The Kier molecular flexibility index (Phi) is 6.59. The van der Waals surface area contributed by atoms with Gasteiger partial charge in [0.2, 0.25) is 0 Å². The van der Waals surface area contributed by atoms with Crippen LogP contribution in [-0.2, 0) is 13.2 Å². The fraction of sp³-hybridized carbons (Fsp3) is 0.304. The molecule has 14 heteroatoms. The largest absolute Gasteiger partial charge is 0.465 e. The van der Waals surface area contributed by atoms with E-state index >= 15 is 0 Å². The second kappa shape index (κ2) is 9.52. The minimum Gasteiger partial charge on any atom is -0.465 e. The zero-order valence-corrected chi connectivity index (χ0v) is 19.6. The minimum absolute atomic E-state index is 0.00769. The maximum absolute atomic E-state index is 13.4. The van der Waals surface area contributed by atoms with Crippen LogP contribution in [0.2, 0.25) is 0 Å². The summed E-state index contributed by atoms with van der Waals surface area (Å²) in [7, 11) is 1.40. The molecule has 1 aliphatic heterocycles. The molecule has 0 bridgehead atoms. The number of hydrogen-bond donors (Lipinski definition) is 2. The average Bonchev–Trinajstić information content (AvgIpc) is 2.86. The summed E-state index contributed by atoms with van der Waals surface area (Å²) in [5.41, 5.74) is -1.31. The van der Waals surface area contributed by atoms with Crippen molar-refractivity contribution in [3.8, 4) is 0 Å². The van der Waals surface area contributed by atoms with E-state index < -0.39 is 40.0 Å². The Morgan fingerprint density at radius 3 is 2.62 bits per heavy atom. The third-order valence-corrected chi connectivity index (χ3v) is 6.02. The maximum atomic E-state index is 13.4. The molecule has 0 radical (unpaired) electrons. The first-order valence-corrected chi connectivity index (χ1v) is 11.0. The number of nitro benzene ring substituents is 1. The fourth-order valence-electron chi connectivity index (χ4n) is 4.06. The van der Waals surface area contributed by atoms with Crippen LogP contribution in [-0.4, -0.2) is 48.9 Å². The number of pyridine rings is 1. The third kappa shape index (κ3) is 5.22. The molecule has 1 aliphatic rings. The first-order chi connectivity index (χ1) is 17.3. The van der Waals surface area contributed by atoms with E-state index in [4.69, 9.17) is 0 Å². The first-order valence-electron chi connectivity index (χ1n) is 11.0. The molecule has 1 amide bonds. The van der Waals surface area contributed by atoms with Gasteiger partial charge in [-0.05, 0) is 36.6 Å². The summed E-state index contributed by atoms with van der Waals surface area (Å²) in [6.07, 6.45) is -2.21. The van der Waals surface area contributed by atoms with Gasteiger partial charge >= 0.3 is 12.3 Å². The van der Waals surface area contributed by atoms with Crippen LogP contribution in [0.5, 0.6) is 0 Å². The molecule has 194 valence electrons. The van der Waals surface area contributed by atoms with E-state index in [0.717, 1.165) is 16.8 Å². The Balaban J connectivity index is 1.77. The Morgan fingerprint density at radius 1 is 1.24 bits per heavy atom. The standard InChI is InChI=1S/C23H21F3N6O5/c1-12(14-6-15(23(24,25)26)8-16(7-14)32(36)37)28-20-17-9-19(13-4-3-5-31(11-13)22(34)35)27-10-18(17)21(33)30(2)29-20/h4,6-10,12H,3,5,11H2,1-2H3,(H,28,29)(H,34,35)/t12-/m1/s1. The number of non-ortho nitro benzene ring substituents is 1. The number of aromatic nitrogens is 3. The molecule has 3 aromatic rings. The normalized spacial score (nSPS) is 14.8. The molecule has 2 aromatic heterocycles. The number of rotatable bonds is 5. The van der Waals surface area contributed by atoms with Gasteiger partial charge in [0.25, 0.3) is 11.2 Å². The lowest BCUT2D eigenvalue weighted by Gasteiger charge is -2.24. The van der Waals surface area contributed by atoms with Crippen molar-refractivity contribution in [2.45, 2.75) is 25.6 Å². The number of halogens is 3. The molecule has 0 fully saturated rings. The van der Waals surface area contributed by atoms with Gasteiger partial charge in [0.05, 0.1) is 34.2 Å². The highest BCUT2D eigenvalue weighted by Crippen LogP contribution is 2.35. The van der Waals surface area contributed by atoms with Crippen molar-refractivity contribution in [1.82, 2.24) is 19.7 Å². The van der Waals surface area contributed by atoms with Gasteiger partial charge in [0, 0.05) is 37.3 Å². The molecule has 0 saturated heterocycles. The van der Waals surface area contributed by atoms with E-state index in [2.05, 4.69) is 15.4 Å². The summed E-state index contributed by atoms with van der Waals surface area (Å²) in [6, 6.07) is 3.01. The molecule has 11 nitrogen and oxygen atoms in total. The second-order valence-corrected chi connectivity index (χ2v) is 8.55. The predicted molar refractivity (Wildman–Crippen MR) is 127 cm³/mol. The fourth-order valence-corrected chi connectivity index (χ4v) is 4.06. The predicted octanol–water partition coefficient (Wildman–Crippen LogP) is 4.20. The SMILES string of the molecule is C[C@@H](Nc1nn(C)c(=O)c2cnc(C3=CCCN(C(=O)O)C3)cc12)c1cc([N+](=O)[O-])cc(C(F)(F)F)c1. The highest BCUT2D eigenvalue weighted by molar-refractivity contribution is 5.92.